The van der Waals surface area contributed by atoms with Gasteiger partial charge in [0.1, 0.15) is 5.75 Å². The van der Waals surface area contributed by atoms with E-state index in [1.165, 1.54) is 19.2 Å². The van der Waals surface area contributed by atoms with E-state index in [2.05, 4.69) is 0 Å². The lowest BCUT2D eigenvalue weighted by molar-refractivity contribution is -0.385. The van der Waals surface area contributed by atoms with Crippen molar-refractivity contribution >= 4 is 17.7 Å². The monoisotopic (exact) mass is 229 g/mol. The summed E-state index contributed by atoms with van der Waals surface area (Å²) < 4.78 is 10.0. The molecular weight excluding hydrogens is 218 g/mol. The highest BCUT2D eigenvalue weighted by atomic mass is 32.2. The summed E-state index contributed by atoms with van der Waals surface area (Å²) in [4.78, 5) is 10.8. The average molecular weight is 229 g/mol. The molecule has 0 atom stereocenters. The van der Waals surface area contributed by atoms with Crippen molar-refractivity contribution < 1.29 is 13.8 Å². The minimum absolute atomic E-state index is 0.000463. The Morgan fingerprint density at radius 1 is 1.47 bits per heavy atom. The van der Waals surface area contributed by atoms with Gasteiger partial charge < -0.3 is 8.92 Å². The van der Waals surface area contributed by atoms with Crippen LogP contribution < -0.4 is 4.74 Å². The van der Waals surface area contributed by atoms with E-state index in [-0.39, 0.29) is 5.69 Å². The van der Waals surface area contributed by atoms with Crippen LogP contribution in [0.15, 0.2) is 23.1 Å². The van der Waals surface area contributed by atoms with Crippen molar-refractivity contribution in [1.29, 1.82) is 0 Å². The van der Waals surface area contributed by atoms with E-state index < -0.39 is 4.92 Å². The maximum atomic E-state index is 10.6. The lowest BCUT2D eigenvalue weighted by Gasteiger charge is -2.04. The standard InChI is InChI=1S/C9H11NO4S/c1-3-14-8-4-7(10(11)12)5-9(6-8)15-13-2/h4-6H,3H2,1-2H3. The second-order valence-electron chi connectivity index (χ2n) is 2.60. The van der Waals surface area contributed by atoms with Crippen molar-refractivity contribution in [1.82, 2.24) is 0 Å². The molecule has 1 rings (SSSR count). The third-order valence-corrected chi connectivity index (χ3v) is 2.16. The van der Waals surface area contributed by atoms with E-state index in [0.29, 0.717) is 17.3 Å². The van der Waals surface area contributed by atoms with Crippen LogP contribution in [-0.4, -0.2) is 18.6 Å². The Hall–Kier alpha value is -1.27. The van der Waals surface area contributed by atoms with E-state index in [1.807, 2.05) is 6.92 Å². The second-order valence-corrected chi connectivity index (χ2v) is 3.57. The van der Waals surface area contributed by atoms with Gasteiger partial charge in [-0.1, -0.05) is 0 Å². The summed E-state index contributed by atoms with van der Waals surface area (Å²) in [5, 5.41) is 10.6. The van der Waals surface area contributed by atoms with Crippen LogP contribution in [0.4, 0.5) is 5.69 Å². The van der Waals surface area contributed by atoms with Gasteiger partial charge in [0, 0.05) is 23.0 Å². The van der Waals surface area contributed by atoms with Gasteiger partial charge in [0.15, 0.2) is 0 Å². The molecule has 1 aromatic carbocycles. The molecule has 0 spiro atoms. The number of nitro benzene ring substituents is 1. The molecule has 0 aromatic heterocycles. The van der Waals surface area contributed by atoms with Crippen molar-refractivity contribution in [2.24, 2.45) is 0 Å². The highest BCUT2D eigenvalue weighted by Crippen LogP contribution is 2.29. The van der Waals surface area contributed by atoms with Gasteiger partial charge in [0.05, 0.1) is 24.7 Å². The maximum Gasteiger partial charge on any atom is 0.274 e. The number of hydrogen-bond donors (Lipinski definition) is 0. The highest BCUT2D eigenvalue weighted by molar-refractivity contribution is 7.94. The predicted molar refractivity (Wildman–Crippen MR) is 57.1 cm³/mol. The highest BCUT2D eigenvalue weighted by Gasteiger charge is 2.10. The molecule has 6 heteroatoms. The lowest BCUT2D eigenvalue weighted by Crippen LogP contribution is -1.94. The fourth-order valence-corrected chi connectivity index (χ4v) is 1.58. The second kappa shape index (κ2) is 5.57. The van der Waals surface area contributed by atoms with Gasteiger partial charge in [-0.15, -0.1) is 0 Å². The first-order valence-electron chi connectivity index (χ1n) is 4.30. The first kappa shape index (κ1) is 11.8. The molecule has 0 amide bonds. The number of ether oxygens (including phenoxy) is 1. The zero-order valence-corrected chi connectivity index (χ0v) is 9.24. The zero-order chi connectivity index (χ0) is 11.3. The van der Waals surface area contributed by atoms with Crippen molar-refractivity contribution in [3.05, 3.63) is 28.3 Å². The normalized spacial score (nSPS) is 10.0. The van der Waals surface area contributed by atoms with Crippen molar-refractivity contribution in [2.45, 2.75) is 11.8 Å². The summed E-state index contributed by atoms with van der Waals surface area (Å²) in [6.45, 7) is 2.29. The topological polar surface area (TPSA) is 61.6 Å². The van der Waals surface area contributed by atoms with Gasteiger partial charge in [-0.05, 0) is 13.0 Å². The van der Waals surface area contributed by atoms with Gasteiger partial charge in [0.2, 0.25) is 0 Å². The molecule has 0 aliphatic carbocycles. The van der Waals surface area contributed by atoms with E-state index in [9.17, 15) is 10.1 Å². The third kappa shape index (κ3) is 3.41. The number of nitro groups is 1. The van der Waals surface area contributed by atoms with E-state index in [0.717, 1.165) is 12.0 Å². The lowest BCUT2D eigenvalue weighted by atomic mass is 10.3. The van der Waals surface area contributed by atoms with Gasteiger partial charge >= 0.3 is 0 Å². The number of nitrogens with zero attached hydrogens (tertiary/aromatic N) is 1. The minimum Gasteiger partial charge on any atom is -0.494 e. The molecule has 15 heavy (non-hydrogen) atoms. The molecule has 0 heterocycles. The van der Waals surface area contributed by atoms with Gasteiger partial charge in [-0.2, -0.15) is 0 Å². The van der Waals surface area contributed by atoms with Crippen LogP contribution in [0.25, 0.3) is 0 Å². The molecule has 0 radical (unpaired) electrons. The first-order valence-corrected chi connectivity index (χ1v) is 5.04. The van der Waals surface area contributed by atoms with E-state index >= 15 is 0 Å². The van der Waals surface area contributed by atoms with Crippen molar-refractivity contribution in [3.63, 3.8) is 0 Å². The van der Waals surface area contributed by atoms with Crippen LogP contribution >= 0.6 is 12.0 Å². The Kier molecular flexibility index (Phi) is 4.38. The third-order valence-electron chi connectivity index (χ3n) is 1.57. The molecular formula is C9H11NO4S. The largest absolute Gasteiger partial charge is 0.494 e. The molecule has 0 bridgehead atoms. The van der Waals surface area contributed by atoms with E-state index in [4.69, 9.17) is 8.92 Å². The van der Waals surface area contributed by atoms with Crippen molar-refractivity contribution in [2.75, 3.05) is 13.7 Å². The molecule has 5 nitrogen and oxygen atoms in total. The summed E-state index contributed by atoms with van der Waals surface area (Å²) in [7, 11) is 1.50. The van der Waals surface area contributed by atoms with Crippen molar-refractivity contribution in [3.8, 4) is 5.75 Å². The van der Waals surface area contributed by atoms with Crippen LogP contribution in [0.2, 0.25) is 0 Å². The number of rotatable bonds is 5. The van der Waals surface area contributed by atoms with Crippen LogP contribution in [0.5, 0.6) is 5.75 Å². The molecule has 0 aliphatic rings. The quantitative estimate of drug-likeness (QED) is 0.441. The minimum atomic E-state index is -0.456. The maximum absolute atomic E-state index is 10.6. The number of non-ortho nitro benzene ring substituents is 1. The average Bonchev–Trinajstić information content (AvgIpc) is 2.18. The molecule has 0 fully saturated rings. The zero-order valence-electron chi connectivity index (χ0n) is 8.43. The van der Waals surface area contributed by atoms with Crippen LogP contribution in [0, 0.1) is 10.1 Å². The smallest absolute Gasteiger partial charge is 0.274 e. The molecule has 0 saturated heterocycles. The summed E-state index contributed by atoms with van der Waals surface area (Å²) in [6.07, 6.45) is 0. The summed E-state index contributed by atoms with van der Waals surface area (Å²) in [5.41, 5.74) is 0.000463. The van der Waals surface area contributed by atoms with Gasteiger partial charge in [0.25, 0.3) is 5.69 Å². The summed E-state index contributed by atoms with van der Waals surface area (Å²) in [6, 6.07) is 4.53. The fourth-order valence-electron chi connectivity index (χ4n) is 1.06. The Morgan fingerprint density at radius 2 is 2.20 bits per heavy atom. The molecule has 82 valence electrons. The first-order chi connectivity index (χ1) is 7.17. The van der Waals surface area contributed by atoms with Gasteiger partial charge in [-0.3, -0.25) is 10.1 Å². The Bertz CT molecular complexity index is 332. The number of benzene rings is 1. The molecule has 1 aromatic rings. The number of hydrogen-bond acceptors (Lipinski definition) is 5. The Balaban J connectivity index is 3.02. The predicted octanol–water partition coefficient (Wildman–Crippen LogP) is 2.65. The molecule has 0 aliphatic heterocycles. The SMILES string of the molecule is CCOc1cc(SOC)cc([N+](=O)[O-])c1. The van der Waals surface area contributed by atoms with Crippen LogP contribution in [0.1, 0.15) is 6.92 Å². The molecule has 0 unspecified atom stereocenters. The Labute approximate surface area is 91.7 Å². The molecule has 0 N–H and O–H groups in total. The van der Waals surface area contributed by atoms with Gasteiger partial charge in [-0.25, -0.2) is 0 Å². The summed E-state index contributed by atoms with van der Waals surface area (Å²) >= 11 is 1.06. The Morgan fingerprint density at radius 3 is 2.73 bits per heavy atom. The molecule has 0 saturated carbocycles. The summed E-state index contributed by atoms with van der Waals surface area (Å²) in [5.74, 6) is 0.478. The van der Waals surface area contributed by atoms with E-state index in [1.54, 1.807) is 6.07 Å². The van der Waals surface area contributed by atoms with Crippen LogP contribution in [0.3, 0.4) is 0 Å². The fraction of sp³-hybridized carbons (Fsp3) is 0.333. The van der Waals surface area contributed by atoms with Crippen LogP contribution in [-0.2, 0) is 4.18 Å².